The third kappa shape index (κ3) is 3.98. The van der Waals surface area contributed by atoms with E-state index in [0.717, 1.165) is 21.5 Å². The molecule has 5 rings (SSSR count). The summed E-state index contributed by atoms with van der Waals surface area (Å²) < 4.78 is 5.34. The third-order valence-corrected chi connectivity index (χ3v) is 10.0. The van der Waals surface area contributed by atoms with Crippen molar-refractivity contribution in [3.63, 3.8) is 0 Å². The van der Waals surface area contributed by atoms with Gasteiger partial charge in [0, 0.05) is 5.80 Å². The van der Waals surface area contributed by atoms with Gasteiger partial charge < -0.3 is 4.74 Å². The van der Waals surface area contributed by atoms with Crippen LogP contribution in [0, 0.1) is 0 Å². The van der Waals surface area contributed by atoms with Crippen molar-refractivity contribution in [2.75, 3.05) is 6.61 Å². The molecule has 168 valence electrons. The number of benzene rings is 4. The van der Waals surface area contributed by atoms with Crippen LogP contribution in [0.1, 0.15) is 11.6 Å². The second kappa shape index (κ2) is 9.54. The lowest BCUT2D eigenvalue weighted by Crippen LogP contribution is -2.38. The van der Waals surface area contributed by atoms with Gasteiger partial charge in [0.25, 0.3) is 5.91 Å². The fourth-order valence-electron chi connectivity index (χ4n) is 4.47. The van der Waals surface area contributed by atoms with Gasteiger partial charge in [0.15, 0.2) is 0 Å². The Morgan fingerprint density at radius 1 is 0.706 bits per heavy atom. The zero-order valence-corrected chi connectivity index (χ0v) is 19.4. The Balaban J connectivity index is 1.74. The number of imide groups is 1. The molecule has 4 nitrogen and oxygen atoms in total. The summed E-state index contributed by atoms with van der Waals surface area (Å²) in [5.41, 5.74) is 0.873. The molecule has 0 radical (unpaired) electrons. The van der Waals surface area contributed by atoms with Crippen LogP contribution in [-0.2, 0) is 9.53 Å². The molecule has 4 aromatic rings. The predicted molar refractivity (Wildman–Crippen MR) is 139 cm³/mol. The summed E-state index contributed by atoms with van der Waals surface area (Å²) >= 11 is 0. The highest BCUT2D eigenvalue weighted by Gasteiger charge is 2.39. The first-order chi connectivity index (χ1) is 16.7. The fourth-order valence-corrected chi connectivity index (χ4v) is 8.20. The number of carbonyl (C=O) groups is 2. The van der Waals surface area contributed by atoms with Crippen LogP contribution >= 0.6 is 6.89 Å². The topological polar surface area (TPSA) is 46.6 Å². The van der Waals surface area contributed by atoms with Crippen molar-refractivity contribution in [3.05, 3.63) is 127 Å². The van der Waals surface area contributed by atoms with Crippen LogP contribution in [0.15, 0.2) is 121 Å². The lowest BCUT2D eigenvalue weighted by Gasteiger charge is -2.29. The normalized spacial score (nSPS) is 15.6. The lowest BCUT2D eigenvalue weighted by molar-refractivity contribution is -0.121. The van der Waals surface area contributed by atoms with Crippen molar-refractivity contribution < 1.29 is 14.3 Å². The van der Waals surface area contributed by atoms with Crippen LogP contribution in [0.4, 0.5) is 4.79 Å². The summed E-state index contributed by atoms with van der Waals surface area (Å²) in [7, 11) is 0. The van der Waals surface area contributed by atoms with Crippen molar-refractivity contribution in [3.8, 4) is 0 Å². The molecule has 1 aliphatic heterocycles. The van der Waals surface area contributed by atoms with Crippen LogP contribution in [-0.4, -0.2) is 29.3 Å². The van der Waals surface area contributed by atoms with Gasteiger partial charge in [0.2, 0.25) is 0 Å². The Labute approximate surface area is 199 Å². The Morgan fingerprint density at radius 2 is 1.12 bits per heavy atom. The maximum absolute atomic E-state index is 14.0. The van der Waals surface area contributed by atoms with Gasteiger partial charge in [-0.15, -0.1) is 0 Å². The average molecular weight is 465 g/mol. The summed E-state index contributed by atoms with van der Waals surface area (Å²) in [6.45, 7) is -2.38. The molecular formula is C29H24NO3P. The van der Waals surface area contributed by atoms with Gasteiger partial charge in [-0.25, -0.2) is 9.69 Å². The molecule has 1 saturated heterocycles. The molecule has 0 aromatic heterocycles. The molecule has 0 aliphatic carbocycles. The number of carbonyl (C=O) groups excluding carboxylic acids is 2. The number of nitrogens with zero attached hydrogens (tertiary/aromatic N) is 1. The largest absolute Gasteiger partial charge is 0.446 e. The minimum atomic E-state index is -2.53. The van der Waals surface area contributed by atoms with Crippen LogP contribution < -0.4 is 15.9 Å². The van der Waals surface area contributed by atoms with E-state index in [4.69, 9.17) is 4.74 Å². The number of hydrogen-bond donors (Lipinski definition) is 0. The average Bonchev–Trinajstić information content (AvgIpc) is 3.31. The first-order valence-corrected chi connectivity index (χ1v) is 13.0. The molecule has 0 spiro atoms. The molecule has 4 aromatic carbocycles. The Hall–Kier alpha value is -3.88. The molecule has 1 fully saturated rings. The molecule has 34 heavy (non-hydrogen) atoms. The van der Waals surface area contributed by atoms with Gasteiger partial charge >= 0.3 is 6.09 Å². The summed E-state index contributed by atoms with van der Waals surface area (Å²) in [6.07, 6.45) is -0.609. The zero-order valence-electron chi connectivity index (χ0n) is 18.5. The second-order valence-corrected chi connectivity index (χ2v) is 11.3. The van der Waals surface area contributed by atoms with Gasteiger partial charge in [-0.3, -0.25) is 4.79 Å². The van der Waals surface area contributed by atoms with E-state index in [1.807, 2.05) is 84.9 Å². The van der Waals surface area contributed by atoms with Gasteiger partial charge in [0.1, 0.15) is 12.6 Å². The summed E-state index contributed by atoms with van der Waals surface area (Å²) in [6, 6.07) is 39.3. The van der Waals surface area contributed by atoms with Gasteiger partial charge in [-0.1, -0.05) is 121 Å². The van der Waals surface area contributed by atoms with Crippen LogP contribution in [0.2, 0.25) is 0 Å². The minimum absolute atomic E-state index is 0.149. The van der Waals surface area contributed by atoms with E-state index in [9.17, 15) is 9.59 Å². The highest BCUT2D eigenvalue weighted by atomic mass is 31.2. The fraction of sp³-hybridized carbons (Fsp3) is 0.0690. The SMILES string of the molecule is O=C(C=P(c1ccccc1)(c1ccccc1)c1ccccc1)N1C(=O)OC[C@@H]1c1ccccc1. The van der Waals surface area contributed by atoms with Crippen molar-refractivity contribution >= 4 is 40.6 Å². The first-order valence-electron chi connectivity index (χ1n) is 11.2. The molecule has 2 amide bonds. The number of cyclic esters (lactones) is 1. The second-order valence-electron chi connectivity index (χ2n) is 8.07. The van der Waals surface area contributed by atoms with E-state index in [-0.39, 0.29) is 12.5 Å². The van der Waals surface area contributed by atoms with Gasteiger partial charge in [-0.2, -0.15) is 0 Å². The first kappa shape index (κ1) is 21.9. The predicted octanol–water partition coefficient (Wildman–Crippen LogP) is 4.50. The lowest BCUT2D eigenvalue weighted by atomic mass is 10.1. The Morgan fingerprint density at radius 3 is 1.56 bits per heavy atom. The van der Waals surface area contributed by atoms with Crippen LogP contribution in [0.5, 0.6) is 0 Å². The molecule has 1 atom stereocenters. The van der Waals surface area contributed by atoms with E-state index < -0.39 is 19.0 Å². The molecule has 0 unspecified atom stereocenters. The Bertz CT molecular complexity index is 1240. The number of amides is 2. The third-order valence-electron chi connectivity index (χ3n) is 6.09. The maximum atomic E-state index is 14.0. The van der Waals surface area contributed by atoms with E-state index in [1.54, 1.807) is 5.80 Å². The summed E-state index contributed by atoms with van der Waals surface area (Å²) in [5.74, 6) is 1.43. The summed E-state index contributed by atoms with van der Waals surface area (Å²) in [5, 5.41) is 3.14. The van der Waals surface area contributed by atoms with Gasteiger partial charge in [0.05, 0.1) is 0 Å². The minimum Gasteiger partial charge on any atom is -0.446 e. The quantitative estimate of drug-likeness (QED) is 0.408. The van der Waals surface area contributed by atoms with E-state index >= 15 is 0 Å². The smallest absolute Gasteiger partial charge is 0.417 e. The molecule has 5 heteroatoms. The van der Waals surface area contributed by atoms with Crippen molar-refractivity contribution in [2.24, 2.45) is 0 Å². The monoisotopic (exact) mass is 465 g/mol. The number of rotatable bonds is 5. The van der Waals surface area contributed by atoms with E-state index in [0.29, 0.717) is 0 Å². The highest BCUT2D eigenvalue weighted by Crippen LogP contribution is 2.44. The zero-order chi connectivity index (χ0) is 23.4. The van der Waals surface area contributed by atoms with Gasteiger partial charge in [-0.05, 0) is 28.4 Å². The molecule has 0 bridgehead atoms. The maximum Gasteiger partial charge on any atom is 0.417 e. The van der Waals surface area contributed by atoms with E-state index in [2.05, 4.69) is 36.4 Å². The number of hydrogen-bond acceptors (Lipinski definition) is 3. The Kier molecular flexibility index (Phi) is 6.16. The molecule has 0 N–H and O–H groups in total. The van der Waals surface area contributed by atoms with Crippen molar-refractivity contribution in [1.29, 1.82) is 0 Å². The number of ether oxygens (including phenoxy) is 1. The van der Waals surface area contributed by atoms with E-state index in [1.165, 1.54) is 4.90 Å². The summed E-state index contributed by atoms with van der Waals surface area (Å²) in [4.78, 5) is 28.0. The van der Waals surface area contributed by atoms with Crippen molar-refractivity contribution in [1.82, 2.24) is 4.90 Å². The molecular weight excluding hydrogens is 441 g/mol. The van der Waals surface area contributed by atoms with Crippen LogP contribution in [0.3, 0.4) is 0 Å². The van der Waals surface area contributed by atoms with Crippen LogP contribution in [0.25, 0.3) is 0 Å². The molecule has 1 aliphatic rings. The highest BCUT2D eigenvalue weighted by molar-refractivity contribution is 7.95. The standard InChI is InChI=1S/C29H24NO3P/c31-28(30-27(21-33-29(30)32)23-13-5-1-6-14-23)22-34(24-15-7-2-8-16-24,25-17-9-3-10-18-25)26-19-11-4-12-20-26/h1-20,22,27H,21H2/t27-/m1/s1. The molecule has 0 saturated carbocycles. The van der Waals surface area contributed by atoms with Crippen molar-refractivity contribution in [2.45, 2.75) is 6.04 Å². The molecule has 1 heterocycles.